The van der Waals surface area contributed by atoms with Gasteiger partial charge in [-0.05, 0) is 20.3 Å². The van der Waals surface area contributed by atoms with Crippen LogP contribution in [0.25, 0.3) is 0 Å². The SMILES string of the molecule is CCCCCCCCCCCCCCCCCCCCCC(=O)OC(C)C(=O)OC(C)C(=O)[O-].[Na+]. The van der Waals surface area contributed by atoms with Gasteiger partial charge in [0.2, 0.25) is 0 Å². The standard InChI is InChI=1S/C28H52O6.Na/c1-4-5-6-7-8-9-10-11-12-13-14-15-16-17-18-19-20-21-22-23-26(29)33-25(3)28(32)34-24(2)27(30)31;/h24-25H,4-23H2,1-3H3,(H,30,31);/q;+1/p-1. The molecule has 2 atom stereocenters. The summed E-state index contributed by atoms with van der Waals surface area (Å²) in [6, 6.07) is 0. The summed E-state index contributed by atoms with van der Waals surface area (Å²) in [5.74, 6) is -2.82. The Balaban J connectivity index is 0. The van der Waals surface area contributed by atoms with Crippen molar-refractivity contribution in [2.45, 2.75) is 161 Å². The van der Waals surface area contributed by atoms with E-state index in [0.29, 0.717) is 0 Å². The molecule has 0 bridgehead atoms. The summed E-state index contributed by atoms with van der Waals surface area (Å²) in [5, 5.41) is 10.6. The first-order valence-corrected chi connectivity index (χ1v) is 14.0. The fourth-order valence-corrected chi connectivity index (χ4v) is 3.97. The zero-order valence-electron chi connectivity index (χ0n) is 23.2. The van der Waals surface area contributed by atoms with Crippen LogP contribution in [0.2, 0.25) is 0 Å². The largest absolute Gasteiger partial charge is 1.00 e. The minimum absolute atomic E-state index is 0. The number of carbonyl (C=O) groups excluding carboxylic acids is 3. The van der Waals surface area contributed by atoms with Crippen molar-refractivity contribution in [2.24, 2.45) is 0 Å². The van der Waals surface area contributed by atoms with E-state index in [9.17, 15) is 19.5 Å². The van der Waals surface area contributed by atoms with Crippen molar-refractivity contribution in [3.05, 3.63) is 0 Å². The molecule has 0 aromatic carbocycles. The molecule has 0 saturated carbocycles. The predicted octanol–water partition coefficient (Wildman–Crippen LogP) is 3.43. The van der Waals surface area contributed by atoms with Gasteiger partial charge in [0.1, 0.15) is 6.10 Å². The molecule has 0 amide bonds. The summed E-state index contributed by atoms with van der Waals surface area (Å²) in [5.41, 5.74) is 0. The van der Waals surface area contributed by atoms with Crippen LogP contribution in [-0.4, -0.2) is 30.1 Å². The average Bonchev–Trinajstić information content (AvgIpc) is 2.80. The normalized spacial score (nSPS) is 12.4. The molecule has 0 N–H and O–H groups in total. The van der Waals surface area contributed by atoms with Gasteiger partial charge in [0.15, 0.2) is 6.10 Å². The maximum absolute atomic E-state index is 11.8. The first-order valence-electron chi connectivity index (χ1n) is 14.0. The molecule has 0 aliphatic heterocycles. The van der Waals surface area contributed by atoms with Gasteiger partial charge in [-0.2, -0.15) is 0 Å². The van der Waals surface area contributed by atoms with Gasteiger partial charge < -0.3 is 19.4 Å². The van der Waals surface area contributed by atoms with Gasteiger partial charge in [0.25, 0.3) is 0 Å². The van der Waals surface area contributed by atoms with Gasteiger partial charge in [-0.1, -0.05) is 122 Å². The van der Waals surface area contributed by atoms with Crippen LogP contribution in [0.15, 0.2) is 0 Å². The van der Waals surface area contributed by atoms with Crippen molar-refractivity contribution in [3.63, 3.8) is 0 Å². The molecule has 0 saturated heterocycles. The van der Waals surface area contributed by atoms with Crippen LogP contribution >= 0.6 is 0 Å². The number of rotatable bonds is 24. The second-order valence-corrected chi connectivity index (χ2v) is 9.64. The molecule has 35 heavy (non-hydrogen) atoms. The van der Waals surface area contributed by atoms with Crippen molar-refractivity contribution in [3.8, 4) is 0 Å². The Labute approximate surface area is 237 Å². The second-order valence-electron chi connectivity index (χ2n) is 9.64. The molecule has 0 aromatic heterocycles. The minimum atomic E-state index is -1.49. The van der Waals surface area contributed by atoms with Crippen molar-refractivity contribution in [1.29, 1.82) is 0 Å². The van der Waals surface area contributed by atoms with Crippen LogP contribution < -0.4 is 34.7 Å². The molecular formula is C28H51NaO6. The summed E-state index contributed by atoms with van der Waals surface area (Å²) >= 11 is 0. The Morgan fingerprint density at radius 1 is 0.571 bits per heavy atom. The number of carbonyl (C=O) groups is 3. The van der Waals surface area contributed by atoms with Gasteiger partial charge >= 0.3 is 41.5 Å². The smallest absolute Gasteiger partial charge is 0.546 e. The number of ether oxygens (including phenoxy) is 2. The number of esters is 2. The molecule has 0 fully saturated rings. The molecule has 0 radical (unpaired) electrons. The molecule has 0 spiro atoms. The van der Waals surface area contributed by atoms with E-state index < -0.39 is 30.1 Å². The minimum Gasteiger partial charge on any atom is -0.546 e. The van der Waals surface area contributed by atoms with E-state index in [4.69, 9.17) is 4.74 Å². The summed E-state index contributed by atoms with van der Waals surface area (Å²) in [7, 11) is 0. The topological polar surface area (TPSA) is 92.7 Å². The first-order chi connectivity index (χ1) is 16.4. The van der Waals surface area contributed by atoms with Gasteiger partial charge in [0.05, 0.1) is 5.97 Å². The van der Waals surface area contributed by atoms with Crippen LogP contribution in [0.3, 0.4) is 0 Å². The monoisotopic (exact) mass is 506 g/mol. The van der Waals surface area contributed by atoms with Gasteiger partial charge in [-0.3, -0.25) is 4.79 Å². The summed E-state index contributed by atoms with van der Waals surface area (Å²) in [4.78, 5) is 34.0. The zero-order valence-corrected chi connectivity index (χ0v) is 25.2. The second kappa shape index (κ2) is 26.5. The number of carboxylic acid groups (broad SMARTS) is 1. The van der Waals surface area contributed by atoms with Crippen LogP contribution in [-0.2, 0) is 23.9 Å². The molecule has 0 heterocycles. The van der Waals surface area contributed by atoms with E-state index in [1.54, 1.807) is 0 Å². The predicted molar refractivity (Wildman–Crippen MR) is 134 cm³/mol. The van der Waals surface area contributed by atoms with E-state index in [1.165, 1.54) is 117 Å². The Morgan fingerprint density at radius 3 is 1.26 bits per heavy atom. The first kappa shape index (κ1) is 36.6. The molecule has 7 heteroatoms. The molecule has 0 rings (SSSR count). The fourth-order valence-electron chi connectivity index (χ4n) is 3.97. The molecule has 0 aliphatic rings. The number of unbranched alkanes of at least 4 members (excludes halogenated alkanes) is 18. The van der Waals surface area contributed by atoms with Crippen molar-refractivity contribution < 1.29 is 58.5 Å². The third kappa shape index (κ3) is 24.9. The third-order valence-electron chi connectivity index (χ3n) is 6.25. The molecule has 2 unspecified atom stereocenters. The Kier molecular flexibility index (Phi) is 27.7. The number of hydrogen-bond acceptors (Lipinski definition) is 6. The van der Waals surface area contributed by atoms with Gasteiger partial charge in [0, 0.05) is 6.42 Å². The summed E-state index contributed by atoms with van der Waals surface area (Å²) < 4.78 is 9.64. The average molecular weight is 507 g/mol. The maximum Gasteiger partial charge on any atom is 1.00 e. The molecule has 200 valence electrons. The molecule has 6 nitrogen and oxygen atoms in total. The molecule has 0 aromatic rings. The quantitative estimate of drug-likeness (QED) is 0.113. The van der Waals surface area contributed by atoms with E-state index in [0.717, 1.165) is 19.3 Å². The Bertz CT molecular complexity index is 526. The number of carboxylic acids is 1. The maximum atomic E-state index is 11.8. The van der Waals surface area contributed by atoms with Crippen LogP contribution in [0.5, 0.6) is 0 Å². The van der Waals surface area contributed by atoms with E-state index in [1.807, 2.05) is 0 Å². The van der Waals surface area contributed by atoms with Crippen LogP contribution in [0.4, 0.5) is 0 Å². The van der Waals surface area contributed by atoms with Gasteiger partial charge in [-0.15, -0.1) is 0 Å². The van der Waals surface area contributed by atoms with Gasteiger partial charge in [-0.25, -0.2) is 4.79 Å². The third-order valence-corrected chi connectivity index (χ3v) is 6.25. The Hall–Kier alpha value is -0.590. The number of hydrogen-bond donors (Lipinski definition) is 0. The van der Waals surface area contributed by atoms with E-state index >= 15 is 0 Å². The van der Waals surface area contributed by atoms with Crippen molar-refractivity contribution in [1.82, 2.24) is 0 Å². The molecular weight excluding hydrogens is 455 g/mol. The Morgan fingerprint density at radius 2 is 0.914 bits per heavy atom. The van der Waals surface area contributed by atoms with Crippen molar-refractivity contribution >= 4 is 17.9 Å². The zero-order chi connectivity index (χ0) is 25.4. The van der Waals surface area contributed by atoms with Crippen LogP contribution in [0.1, 0.15) is 149 Å². The van der Waals surface area contributed by atoms with E-state index in [2.05, 4.69) is 11.7 Å². The summed E-state index contributed by atoms with van der Waals surface area (Å²) in [6.07, 6.45) is 22.4. The molecule has 0 aliphatic carbocycles. The fraction of sp³-hybridized carbons (Fsp3) is 0.893. The van der Waals surface area contributed by atoms with Crippen LogP contribution in [0, 0.1) is 0 Å². The number of aliphatic carboxylic acids is 1. The van der Waals surface area contributed by atoms with Crippen molar-refractivity contribution in [2.75, 3.05) is 0 Å². The van der Waals surface area contributed by atoms with E-state index in [-0.39, 0.29) is 36.0 Å². The summed E-state index contributed by atoms with van der Waals surface area (Å²) in [6.45, 7) is 4.84.